The summed E-state index contributed by atoms with van der Waals surface area (Å²) in [7, 11) is 2.04. The summed E-state index contributed by atoms with van der Waals surface area (Å²) in [5.74, 6) is 1.65. The standard InChI is InChI=1S/C15H27N3/c1-5-13-9-14(18(4)17-13)10-16-15-8-6-7-11(2)12(15)3/h9,11-12,15-16H,5-8,10H2,1-4H3. The molecule has 1 aromatic heterocycles. The molecule has 0 radical (unpaired) electrons. The molecule has 1 fully saturated rings. The quantitative estimate of drug-likeness (QED) is 0.889. The van der Waals surface area contributed by atoms with Crippen molar-refractivity contribution < 1.29 is 0 Å². The average Bonchev–Trinajstić information content (AvgIpc) is 2.72. The molecule has 3 heteroatoms. The zero-order valence-corrected chi connectivity index (χ0v) is 12.2. The molecule has 1 saturated carbocycles. The molecule has 1 aromatic rings. The molecule has 0 saturated heterocycles. The van der Waals surface area contributed by atoms with Crippen LogP contribution < -0.4 is 5.32 Å². The van der Waals surface area contributed by atoms with Crippen molar-refractivity contribution in [3.63, 3.8) is 0 Å². The first-order valence-corrected chi connectivity index (χ1v) is 7.37. The zero-order chi connectivity index (χ0) is 13.1. The van der Waals surface area contributed by atoms with Crippen LogP contribution in [0.5, 0.6) is 0 Å². The average molecular weight is 249 g/mol. The Balaban J connectivity index is 1.92. The maximum Gasteiger partial charge on any atom is 0.0625 e. The van der Waals surface area contributed by atoms with Gasteiger partial charge in [-0.15, -0.1) is 0 Å². The fraction of sp³-hybridized carbons (Fsp3) is 0.800. The number of aryl methyl sites for hydroxylation is 2. The lowest BCUT2D eigenvalue weighted by Gasteiger charge is -2.34. The summed E-state index contributed by atoms with van der Waals surface area (Å²) < 4.78 is 2.02. The first-order valence-electron chi connectivity index (χ1n) is 7.37. The topological polar surface area (TPSA) is 29.9 Å². The van der Waals surface area contributed by atoms with E-state index in [1.165, 1.54) is 30.7 Å². The van der Waals surface area contributed by atoms with Crippen LogP contribution in [0, 0.1) is 11.8 Å². The van der Waals surface area contributed by atoms with Crippen LogP contribution in [0.3, 0.4) is 0 Å². The molecule has 2 rings (SSSR count). The highest BCUT2D eigenvalue weighted by atomic mass is 15.3. The lowest BCUT2D eigenvalue weighted by Crippen LogP contribution is -2.40. The Hall–Kier alpha value is -0.830. The van der Waals surface area contributed by atoms with E-state index in [9.17, 15) is 0 Å². The number of nitrogens with one attached hydrogen (secondary N) is 1. The van der Waals surface area contributed by atoms with Crippen molar-refractivity contribution in [2.45, 2.75) is 59.0 Å². The third-order valence-corrected chi connectivity index (χ3v) is 4.64. The highest BCUT2D eigenvalue weighted by Crippen LogP contribution is 2.29. The molecule has 0 spiro atoms. The van der Waals surface area contributed by atoms with E-state index >= 15 is 0 Å². The van der Waals surface area contributed by atoms with Gasteiger partial charge in [0, 0.05) is 19.6 Å². The van der Waals surface area contributed by atoms with E-state index in [-0.39, 0.29) is 0 Å². The first-order chi connectivity index (χ1) is 8.61. The Morgan fingerprint density at radius 2 is 2.17 bits per heavy atom. The van der Waals surface area contributed by atoms with Crippen molar-refractivity contribution in [1.29, 1.82) is 0 Å². The fourth-order valence-electron chi connectivity index (χ4n) is 3.02. The molecule has 1 aliphatic rings. The number of hydrogen-bond acceptors (Lipinski definition) is 2. The van der Waals surface area contributed by atoms with Gasteiger partial charge < -0.3 is 5.32 Å². The van der Waals surface area contributed by atoms with Crippen LogP contribution in [0.2, 0.25) is 0 Å². The Bertz CT molecular complexity index is 383. The maximum atomic E-state index is 4.50. The van der Waals surface area contributed by atoms with Crippen molar-refractivity contribution in [2.75, 3.05) is 0 Å². The van der Waals surface area contributed by atoms with Gasteiger partial charge in [0.15, 0.2) is 0 Å². The summed E-state index contributed by atoms with van der Waals surface area (Å²) >= 11 is 0. The summed E-state index contributed by atoms with van der Waals surface area (Å²) in [5.41, 5.74) is 2.50. The van der Waals surface area contributed by atoms with Crippen LogP contribution in [0.1, 0.15) is 51.4 Å². The van der Waals surface area contributed by atoms with Crippen molar-refractivity contribution in [3.8, 4) is 0 Å². The zero-order valence-electron chi connectivity index (χ0n) is 12.2. The number of hydrogen-bond donors (Lipinski definition) is 1. The van der Waals surface area contributed by atoms with E-state index in [0.717, 1.165) is 24.8 Å². The van der Waals surface area contributed by atoms with E-state index in [1.807, 2.05) is 11.7 Å². The molecule has 1 heterocycles. The first kappa shape index (κ1) is 13.6. The molecule has 1 aliphatic carbocycles. The largest absolute Gasteiger partial charge is 0.308 e. The summed E-state index contributed by atoms with van der Waals surface area (Å²) in [4.78, 5) is 0. The molecule has 0 aromatic carbocycles. The van der Waals surface area contributed by atoms with Crippen LogP contribution in [0.4, 0.5) is 0 Å². The summed E-state index contributed by atoms with van der Waals surface area (Å²) in [6.07, 6.45) is 5.11. The fourth-order valence-corrected chi connectivity index (χ4v) is 3.02. The normalized spacial score (nSPS) is 28.6. The molecule has 3 atom stereocenters. The molecule has 102 valence electrons. The van der Waals surface area contributed by atoms with Gasteiger partial charge in [0.2, 0.25) is 0 Å². The Morgan fingerprint density at radius 3 is 2.83 bits per heavy atom. The number of aromatic nitrogens is 2. The SMILES string of the molecule is CCc1cc(CNC2CCCC(C)C2C)n(C)n1. The van der Waals surface area contributed by atoms with E-state index < -0.39 is 0 Å². The van der Waals surface area contributed by atoms with Gasteiger partial charge in [-0.05, 0) is 30.7 Å². The van der Waals surface area contributed by atoms with Crippen LogP contribution in [-0.4, -0.2) is 15.8 Å². The van der Waals surface area contributed by atoms with Gasteiger partial charge >= 0.3 is 0 Å². The van der Waals surface area contributed by atoms with Gasteiger partial charge in [-0.2, -0.15) is 5.10 Å². The second kappa shape index (κ2) is 5.87. The third kappa shape index (κ3) is 2.94. The third-order valence-electron chi connectivity index (χ3n) is 4.64. The minimum Gasteiger partial charge on any atom is -0.308 e. The van der Waals surface area contributed by atoms with Crippen LogP contribution in [-0.2, 0) is 20.0 Å². The van der Waals surface area contributed by atoms with Crippen molar-refractivity contribution in [3.05, 3.63) is 17.5 Å². The van der Waals surface area contributed by atoms with Gasteiger partial charge in [0.05, 0.1) is 11.4 Å². The van der Waals surface area contributed by atoms with Gasteiger partial charge in [-0.3, -0.25) is 4.68 Å². The van der Waals surface area contributed by atoms with E-state index in [1.54, 1.807) is 0 Å². The predicted molar refractivity (Wildman–Crippen MR) is 75.4 cm³/mol. The maximum absolute atomic E-state index is 4.50. The summed E-state index contributed by atoms with van der Waals surface area (Å²) in [6, 6.07) is 2.90. The van der Waals surface area contributed by atoms with Gasteiger partial charge in [-0.1, -0.05) is 33.6 Å². The monoisotopic (exact) mass is 249 g/mol. The molecule has 18 heavy (non-hydrogen) atoms. The lowest BCUT2D eigenvalue weighted by atomic mass is 9.78. The smallest absolute Gasteiger partial charge is 0.0625 e. The lowest BCUT2D eigenvalue weighted by molar-refractivity contribution is 0.205. The second-order valence-corrected chi connectivity index (χ2v) is 5.86. The van der Waals surface area contributed by atoms with Crippen molar-refractivity contribution in [2.24, 2.45) is 18.9 Å². The van der Waals surface area contributed by atoms with E-state index in [2.05, 4.69) is 37.3 Å². The number of rotatable bonds is 4. The molecule has 0 aliphatic heterocycles. The van der Waals surface area contributed by atoms with Crippen molar-refractivity contribution in [1.82, 2.24) is 15.1 Å². The molecule has 0 amide bonds. The Kier molecular flexibility index (Phi) is 4.44. The number of nitrogens with zero attached hydrogens (tertiary/aromatic N) is 2. The molecule has 1 N–H and O–H groups in total. The highest BCUT2D eigenvalue weighted by molar-refractivity contribution is 5.10. The Morgan fingerprint density at radius 1 is 1.39 bits per heavy atom. The van der Waals surface area contributed by atoms with Crippen LogP contribution in [0.25, 0.3) is 0 Å². The van der Waals surface area contributed by atoms with Crippen molar-refractivity contribution >= 4 is 0 Å². The van der Waals surface area contributed by atoms with Gasteiger partial charge in [-0.25, -0.2) is 0 Å². The van der Waals surface area contributed by atoms with Crippen LogP contribution >= 0.6 is 0 Å². The minimum atomic E-state index is 0.675. The van der Waals surface area contributed by atoms with Gasteiger partial charge in [0.1, 0.15) is 0 Å². The highest BCUT2D eigenvalue weighted by Gasteiger charge is 2.26. The molecule has 3 nitrogen and oxygen atoms in total. The molecular formula is C15H27N3. The minimum absolute atomic E-state index is 0.675. The summed E-state index contributed by atoms with van der Waals surface area (Å²) in [6.45, 7) is 7.88. The van der Waals surface area contributed by atoms with E-state index in [4.69, 9.17) is 0 Å². The molecule has 0 bridgehead atoms. The Labute approximate surface area is 111 Å². The van der Waals surface area contributed by atoms with E-state index in [0.29, 0.717) is 6.04 Å². The summed E-state index contributed by atoms with van der Waals surface area (Å²) in [5, 5.41) is 8.24. The molecule has 3 unspecified atom stereocenters. The second-order valence-electron chi connectivity index (χ2n) is 5.86. The van der Waals surface area contributed by atoms with Crippen LogP contribution in [0.15, 0.2) is 6.07 Å². The van der Waals surface area contributed by atoms with Gasteiger partial charge in [0.25, 0.3) is 0 Å². The molecular weight excluding hydrogens is 222 g/mol. The predicted octanol–water partition coefficient (Wildman–Crippen LogP) is 2.90.